The summed E-state index contributed by atoms with van der Waals surface area (Å²) in [6, 6.07) is 6.62. The first-order chi connectivity index (χ1) is 14.2. The standard InChI is InChI=1S/C22H19ClF3NO3/c1-3-4-13-8-19(28)30-21-12(2)20-14(7-16(13)21)10-27(11-29-20)18-9-15(22(24,25)26)5-6-17(18)23/h5-9H,3-4,10-11H2,1-2H3. The van der Waals surface area contributed by atoms with E-state index in [1.807, 2.05) is 19.9 Å². The number of ether oxygens (including phenoxy) is 1. The van der Waals surface area contributed by atoms with Gasteiger partial charge < -0.3 is 14.1 Å². The number of nitrogens with zero attached hydrogens (tertiary/aromatic N) is 1. The van der Waals surface area contributed by atoms with Gasteiger partial charge in [-0.1, -0.05) is 24.9 Å². The lowest BCUT2D eigenvalue weighted by Crippen LogP contribution is -2.32. The van der Waals surface area contributed by atoms with Gasteiger partial charge in [0.25, 0.3) is 0 Å². The average Bonchev–Trinajstić information content (AvgIpc) is 2.68. The second kappa shape index (κ2) is 7.54. The van der Waals surface area contributed by atoms with Crippen molar-refractivity contribution < 1.29 is 22.3 Å². The van der Waals surface area contributed by atoms with E-state index < -0.39 is 17.4 Å². The van der Waals surface area contributed by atoms with Crippen molar-refractivity contribution in [2.45, 2.75) is 39.4 Å². The summed E-state index contributed by atoms with van der Waals surface area (Å²) in [5.41, 5.74) is 1.93. The van der Waals surface area contributed by atoms with Crippen molar-refractivity contribution in [3.05, 3.63) is 68.0 Å². The van der Waals surface area contributed by atoms with E-state index in [2.05, 4.69) is 0 Å². The number of anilines is 1. The van der Waals surface area contributed by atoms with E-state index in [1.165, 1.54) is 12.1 Å². The van der Waals surface area contributed by atoms with E-state index in [0.717, 1.165) is 35.1 Å². The van der Waals surface area contributed by atoms with E-state index >= 15 is 0 Å². The highest BCUT2D eigenvalue weighted by molar-refractivity contribution is 6.33. The molecule has 2 heterocycles. The average molecular weight is 438 g/mol. The number of fused-ring (bicyclic) bond motifs is 2. The Bertz CT molecular complexity index is 1190. The number of halogens is 4. The van der Waals surface area contributed by atoms with Crippen molar-refractivity contribution in [1.82, 2.24) is 0 Å². The van der Waals surface area contributed by atoms with Gasteiger partial charge in [-0.25, -0.2) is 4.79 Å². The van der Waals surface area contributed by atoms with Crippen LogP contribution < -0.4 is 15.3 Å². The van der Waals surface area contributed by atoms with Crippen LogP contribution in [-0.2, 0) is 19.1 Å². The molecule has 0 spiro atoms. The van der Waals surface area contributed by atoms with Gasteiger partial charge in [0.1, 0.15) is 11.3 Å². The van der Waals surface area contributed by atoms with Gasteiger partial charge in [-0.05, 0) is 43.2 Å². The summed E-state index contributed by atoms with van der Waals surface area (Å²) >= 11 is 6.20. The van der Waals surface area contributed by atoms with Crippen LogP contribution in [0.2, 0.25) is 5.02 Å². The van der Waals surface area contributed by atoms with Crippen LogP contribution in [0.4, 0.5) is 18.9 Å². The largest absolute Gasteiger partial charge is 0.472 e. The van der Waals surface area contributed by atoms with Crippen LogP contribution in [0, 0.1) is 6.92 Å². The maximum absolute atomic E-state index is 13.2. The molecule has 0 radical (unpaired) electrons. The van der Waals surface area contributed by atoms with Gasteiger partial charge in [-0.15, -0.1) is 0 Å². The summed E-state index contributed by atoms with van der Waals surface area (Å²) in [6.07, 6.45) is -2.89. The fourth-order valence-electron chi connectivity index (χ4n) is 3.85. The molecule has 0 saturated heterocycles. The van der Waals surface area contributed by atoms with E-state index in [1.54, 1.807) is 4.90 Å². The van der Waals surface area contributed by atoms with Gasteiger partial charge in [-0.3, -0.25) is 0 Å². The van der Waals surface area contributed by atoms with Crippen molar-refractivity contribution in [3.8, 4) is 5.75 Å². The van der Waals surface area contributed by atoms with Crippen LogP contribution in [0.25, 0.3) is 11.0 Å². The monoisotopic (exact) mass is 437 g/mol. The molecule has 1 aromatic heterocycles. The Balaban J connectivity index is 1.80. The molecular weight excluding hydrogens is 419 g/mol. The third kappa shape index (κ3) is 3.62. The van der Waals surface area contributed by atoms with Crippen LogP contribution in [0.5, 0.6) is 5.75 Å². The molecule has 8 heteroatoms. The Morgan fingerprint density at radius 2 is 1.97 bits per heavy atom. The normalized spacial score (nSPS) is 14.0. The Morgan fingerprint density at radius 1 is 1.20 bits per heavy atom. The maximum atomic E-state index is 13.2. The second-order valence-electron chi connectivity index (χ2n) is 7.34. The Kier molecular flexibility index (Phi) is 5.18. The van der Waals surface area contributed by atoms with Crippen molar-refractivity contribution >= 4 is 28.3 Å². The van der Waals surface area contributed by atoms with E-state index in [-0.39, 0.29) is 17.4 Å². The fourth-order valence-corrected chi connectivity index (χ4v) is 4.08. The quantitative estimate of drug-likeness (QED) is 0.465. The molecule has 158 valence electrons. The van der Waals surface area contributed by atoms with E-state index in [9.17, 15) is 18.0 Å². The lowest BCUT2D eigenvalue weighted by atomic mass is 9.98. The number of hydrogen-bond donors (Lipinski definition) is 0. The zero-order valence-electron chi connectivity index (χ0n) is 16.4. The number of benzene rings is 2. The summed E-state index contributed by atoms with van der Waals surface area (Å²) < 4.78 is 50.8. The predicted molar refractivity (Wildman–Crippen MR) is 109 cm³/mol. The van der Waals surface area contributed by atoms with Crippen molar-refractivity contribution in [2.24, 2.45) is 0 Å². The lowest BCUT2D eigenvalue weighted by Gasteiger charge is -2.33. The summed E-state index contributed by atoms with van der Waals surface area (Å²) in [6.45, 7) is 4.18. The van der Waals surface area contributed by atoms with Gasteiger partial charge in [-0.2, -0.15) is 13.2 Å². The zero-order chi connectivity index (χ0) is 21.6. The SMILES string of the molecule is CCCc1cc(=O)oc2c(C)c3c(cc12)CN(c1cc(C(F)(F)F)ccc1Cl)CO3. The molecule has 0 saturated carbocycles. The highest BCUT2D eigenvalue weighted by Gasteiger charge is 2.32. The molecule has 0 unspecified atom stereocenters. The van der Waals surface area contributed by atoms with Crippen LogP contribution >= 0.6 is 11.6 Å². The molecule has 2 aromatic carbocycles. The molecule has 30 heavy (non-hydrogen) atoms. The van der Waals surface area contributed by atoms with Crippen LogP contribution in [-0.4, -0.2) is 6.73 Å². The van der Waals surface area contributed by atoms with Gasteiger partial charge in [0, 0.05) is 29.1 Å². The molecule has 1 aliphatic heterocycles. The molecule has 1 aliphatic rings. The molecule has 0 N–H and O–H groups in total. The molecule has 0 fully saturated rings. The number of aryl methyl sites for hydroxylation is 2. The highest BCUT2D eigenvalue weighted by atomic mass is 35.5. The molecule has 4 rings (SSSR count). The van der Waals surface area contributed by atoms with Crippen molar-refractivity contribution in [3.63, 3.8) is 0 Å². The highest BCUT2D eigenvalue weighted by Crippen LogP contribution is 2.40. The molecule has 4 nitrogen and oxygen atoms in total. The van der Waals surface area contributed by atoms with Crippen LogP contribution in [0.3, 0.4) is 0 Å². The third-order valence-corrected chi connectivity index (χ3v) is 5.56. The predicted octanol–water partition coefficient (Wildman–Crippen LogP) is 6.08. The summed E-state index contributed by atoms with van der Waals surface area (Å²) in [4.78, 5) is 13.6. The first-order valence-electron chi connectivity index (χ1n) is 9.52. The number of hydrogen-bond acceptors (Lipinski definition) is 4. The van der Waals surface area contributed by atoms with Crippen LogP contribution in [0.15, 0.2) is 39.5 Å². The Labute approximate surface area is 175 Å². The van der Waals surface area contributed by atoms with Gasteiger partial charge >= 0.3 is 11.8 Å². The molecule has 0 amide bonds. The fraction of sp³-hybridized carbons (Fsp3) is 0.318. The first kappa shape index (κ1) is 20.6. The zero-order valence-corrected chi connectivity index (χ0v) is 17.2. The van der Waals surface area contributed by atoms with Crippen molar-refractivity contribution in [2.75, 3.05) is 11.6 Å². The topological polar surface area (TPSA) is 42.7 Å². The molecule has 0 aliphatic carbocycles. The second-order valence-corrected chi connectivity index (χ2v) is 7.75. The van der Waals surface area contributed by atoms with E-state index in [0.29, 0.717) is 29.9 Å². The minimum atomic E-state index is -4.47. The Morgan fingerprint density at radius 3 is 2.67 bits per heavy atom. The number of alkyl halides is 3. The first-order valence-corrected chi connectivity index (χ1v) is 9.90. The molecule has 3 aromatic rings. The summed E-state index contributed by atoms with van der Waals surface area (Å²) in [7, 11) is 0. The van der Waals surface area contributed by atoms with Crippen LogP contribution in [0.1, 0.15) is 35.6 Å². The third-order valence-electron chi connectivity index (χ3n) is 5.24. The van der Waals surface area contributed by atoms with Gasteiger partial charge in [0.05, 0.1) is 16.3 Å². The minimum absolute atomic E-state index is 0.0270. The smallest absolute Gasteiger partial charge is 0.416 e. The summed E-state index contributed by atoms with van der Waals surface area (Å²) in [5.74, 6) is 0.582. The molecule has 0 bridgehead atoms. The Hall–Kier alpha value is -2.67. The molecular formula is C22H19ClF3NO3. The molecule has 0 atom stereocenters. The minimum Gasteiger partial charge on any atom is -0.472 e. The van der Waals surface area contributed by atoms with Gasteiger partial charge in [0.2, 0.25) is 0 Å². The van der Waals surface area contributed by atoms with Crippen molar-refractivity contribution in [1.29, 1.82) is 0 Å². The van der Waals surface area contributed by atoms with E-state index in [4.69, 9.17) is 20.8 Å². The number of rotatable bonds is 3. The summed E-state index contributed by atoms with van der Waals surface area (Å²) in [5, 5.41) is 1.03. The van der Waals surface area contributed by atoms with Gasteiger partial charge in [0.15, 0.2) is 6.73 Å². The maximum Gasteiger partial charge on any atom is 0.416 e. The lowest BCUT2D eigenvalue weighted by molar-refractivity contribution is -0.137.